The molecule has 3 aromatic rings. The number of anilines is 1. The van der Waals surface area contributed by atoms with Gasteiger partial charge in [-0.15, -0.1) is 11.8 Å². The predicted octanol–water partition coefficient (Wildman–Crippen LogP) is 4.18. The summed E-state index contributed by atoms with van der Waals surface area (Å²) in [6.45, 7) is 1.71. The Morgan fingerprint density at radius 2 is 2.12 bits per heavy atom. The number of aryl methyl sites for hydroxylation is 1. The number of benzene rings is 2. The van der Waals surface area contributed by atoms with Gasteiger partial charge in [-0.25, -0.2) is 4.39 Å². The van der Waals surface area contributed by atoms with Crippen molar-refractivity contribution in [2.45, 2.75) is 12.7 Å². The van der Waals surface area contributed by atoms with Crippen LogP contribution in [0.4, 0.5) is 10.1 Å². The Kier molecular flexibility index (Phi) is 5.85. The van der Waals surface area contributed by atoms with Gasteiger partial charge < -0.3 is 14.6 Å². The van der Waals surface area contributed by atoms with Crippen molar-refractivity contribution in [2.24, 2.45) is 0 Å². The van der Waals surface area contributed by atoms with Crippen LogP contribution in [0.2, 0.25) is 0 Å². The summed E-state index contributed by atoms with van der Waals surface area (Å²) >= 11 is 1.37. The molecule has 0 atom stereocenters. The van der Waals surface area contributed by atoms with Gasteiger partial charge in [0.2, 0.25) is 11.8 Å². The molecule has 0 unspecified atom stereocenters. The Morgan fingerprint density at radius 1 is 1.27 bits per heavy atom. The fourth-order valence-electron chi connectivity index (χ4n) is 2.14. The van der Waals surface area contributed by atoms with Gasteiger partial charge in [-0.05, 0) is 24.3 Å². The number of nitrogens with one attached hydrogen (secondary N) is 1. The van der Waals surface area contributed by atoms with Crippen molar-refractivity contribution in [3.8, 4) is 11.5 Å². The third kappa shape index (κ3) is 5.06. The first-order valence-electron chi connectivity index (χ1n) is 7.79. The summed E-state index contributed by atoms with van der Waals surface area (Å²) in [5.41, 5.74) is 0.512. The van der Waals surface area contributed by atoms with Crippen molar-refractivity contribution in [1.29, 1.82) is 0 Å². The van der Waals surface area contributed by atoms with Gasteiger partial charge in [0.1, 0.15) is 11.6 Å². The van der Waals surface area contributed by atoms with Crippen LogP contribution < -0.4 is 10.1 Å². The molecule has 0 aliphatic rings. The van der Waals surface area contributed by atoms with Crippen molar-refractivity contribution in [2.75, 3.05) is 11.1 Å². The van der Waals surface area contributed by atoms with E-state index >= 15 is 0 Å². The Labute approximate surface area is 153 Å². The van der Waals surface area contributed by atoms with E-state index in [0.717, 1.165) is 0 Å². The molecular weight excluding hydrogens is 357 g/mol. The summed E-state index contributed by atoms with van der Waals surface area (Å²) in [4.78, 5) is 16.2. The van der Waals surface area contributed by atoms with Crippen LogP contribution in [0.15, 0.2) is 53.1 Å². The fourth-order valence-corrected chi connectivity index (χ4v) is 2.80. The number of ether oxygens (including phenoxy) is 1. The number of carbonyl (C=O) groups is 1. The van der Waals surface area contributed by atoms with E-state index in [0.29, 0.717) is 34.7 Å². The van der Waals surface area contributed by atoms with Crippen molar-refractivity contribution in [3.05, 3.63) is 66.1 Å². The van der Waals surface area contributed by atoms with E-state index in [-0.39, 0.29) is 11.7 Å². The van der Waals surface area contributed by atoms with Crippen LogP contribution in [-0.4, -0.2) is 21.8 Å². The summed E-state index contributed by atoms with van der Waals surface area (Å²) in [7, 11) is 0. The van der Waals surface area contributed by atoms with Crippen molar-refractivity contribution >= 4 is 23.4 Å². The zero-order valence-electron chi connectivity index (χ0n) is 13.9. The van der Waals surface area contributed by atoms with E-state index in [1.165, 1.54) is 23.9 Å². The molecule has 8 heteroatoms. The summed E-state index contributed by atoms with van der Waals surface area (Å²) in [5.74, 6) is 1.96. The Balaban J connectivity index is 1.57. The minimum atomic E-state index is -0.392. The Morgan fingerprint density at radius 3 is 2.88 bits per heavy atom. The number of para-hydroxylation sites is 2. The van der Waals surface area contributed by atoms with Gasteiger partial charge >= 0.3 is 0 Å². The second-order valence-electron chi connectivity index (χ2n) is 5.33. The van der Waals surface area contributed by atoms with Crippen LogP contribution in [0.25, 0.3) is 0 Å². The van der Waals surface area contributed by atoms with Gasteiger partial charge in [0.25, 0.3) is 0 Å². The van der Waals surface area contributed by atoms with Crippen molar-refractivity contribution < 1.29 is 18.4 Å². The lowest BCUT2D eigenvalue weighted by Crippen LogP contribution is -2.14. The number of nitrogens with zero attached hydrogens (tertiary/aromatic N) is 2. The molecule has 0 aliphatic carbocycles. The van der Waals surface area contributed by atoms with Gasteiger partial charge in [0.15, 0.2) is 11.6 Å². The summed E-state index contributed by atoms with van der Waals surface area (Å²) < 4.78 is 23.8. The summed E-state index contributed by atoms with van der Waals surface area (Å²) in [5, 5.41) is 6.57. The number of aromatic nitrogens is 2. The first-order valence-corrected chi connectivity index (χ1v) is 8.95. The number of hydrogen-bond donors (Lipinski definition) is 1. The maximum Gasteiger partial charge on any atom is 0.234 e. The van der Waals surface area contributed by atoms with Crippen LogP contribution in [0.5, 0.6) is 11.5 Å². The first-order chi connectivity index (χ1) is 12.6. The van der Waals surface area contributed by atoms with E-state index in [1.54, 1.807) is 43.3 Å². The molecule has 0 bridgehead atoms. The monoisotopic (exact) mass is 373 g/mol. The number of rotatable bonds is 7. The highest BCUT2D eigenvalue weighted by Gasteiger charge is 2.10. The fraction of sp³-hybridized carbons (Fsp3) is 0.167. The largest absolute Gasteiger partial charge is 0.455 e. The minimum Gasteiger partial charge on any atom is -0.455 e. The lowest BCUT2D eigenvalue weighted by atomic mass is 10.3. The molecule has 0 saturated carbocycles. The van der Waals surface area contributed by atoms with Gasteiger partial charge in [-0.1, -0.05) is 23.4 Å². The van der Waals surface area contributed by atoms with Crippen molar-refractivity contribution in [3.63, 3.8) is 0 Å². The molecule has 2 aromatic carbocycles. The number of hydrogen-bond acceptors (Lipinski definition) is 6. The van der Waals surface area contributed by atoms with E-state index in [1.807, 2.05) is 0 Å². The molecule has 0 fully saturated rings. The molecule has 1 N–H and O–H groups in total. The highest BCUT2D eigenvalue weighted by atomic mass is 32.2. The molecule has 1 aromatic heterocycles. The first kappa shape index (κ1) is 17.9. The molecule has 3 rings (SSSR count). The third-order valence-electron chi connectivity index (χ3n) is 3.22. The van der Waals surface area contributed by atoms with Gasteiger partial charge in [-0.3, -0.25) is 4.79 Å². The predicted molar refractivity (Wildman–Crippen MR) is 96.7 cm³/mol. The van der Waals surface area contributed by atoms with E-state index in [2.05, 4.69) is 15.5 Å². The standard InChI is InChI=1S/C18H16FN3O3S/c1-12-20-17(22-25-12)10-26-11-18(23)21-15-7-2-3-8-16(15)24-14-6-4-5-13(19)9-14/h2-9H,10-11H2,1H3,(H,21,23). The number of amides is 1. The minimum absolute atomic E-state index is 0.189. The molecule has 0 radical (unpaired) electrons. The van der Waals surface area contributed by atoms with Crippen LogP contribution in [0, 0.1) is 12.7 Å². The van der Waals surface area contributed by atoms with Crippen LogP contribution >= 0.6 is 11.8 Å². The second-order valence-corrected chi connectivity index (χ2v) is 6.31. The van der Waals surface area contributed by atoms with Crippen molar-refractivity contribution in [1.82, 2.24) is 10.1 Å². The topological polar surface area (TPSA) is 77.2 Å². The molecule has 0 aliphatic heterocycles. The molecule has 1 amide bonds. The maximum atomic E-state index is 13.3. The Bertz CT molecular complexity index is 901. The zero-order chi connectivity index (χ0) is 18.4. The average Bonchev–Trinajstić information content (AvgIpc) is 3.02. The third-order valence-corrected chi connectivity index (χ3v) is 4.15. The smallest absolute Gasteiger partial charge is 0.234 e. The molecule has 26 heavy (non-hydrogen) atoms. The number of carbonyl (C=O) groups excluding carboxylic acids is 1. The quantitative estimate of drug-likeness (QED) is 0.669. The SMILES string of the molecule is Cc1nc(CSCC(=O)Nc2ccccc2Oc2cccc(F)c2)no1. The highest BCUT2D eigenvalue weighted by Crippen LogP contribution is 2.29. The summed E-state index contributed by atoms with van der Waals surface area (Å²) in [6, 6.07) is 12.8. The lowest BCUT2D eigenvalue weighted by Gasteiger charge is -2.12. The molecule has 6 nitrogen and oxygen atoms in total. The van der Waals surface area contributed by atoms with Gasteiger partial charge in [0.05, 0.1) is 17.2 Å². The average molecular weight is 373 g/mol. The Hall–Kier alpha value is -2.87. The lowest BCUT2D eigenvalue weighted by molar-refractivity contribution is -0.113. The van der Waals surface area contributed by atoms with Gasteiger partial charge in [-0.2, -0.15) is 4.98 Å². The van der Waals surface area contributed by atoms with E-state index < -0.39 is 5.82 Å². The highest BCUT2D eigenvalue weighted by molar-refractivity contribution is 7.99. The van der Waals surface area contributed by atoms with E-state index in [9.17, 15) is 9.18 Å². The molecule has 0 spiro atoms. The molecule has 134 valence electrons. The van der Waals surface area contributed by atoms with Gasteiger partial charge in [0, 0.05) is 13.0 Å². The van der Waals surface area contributed by atoms with E-state index in [4.69, 9.17) is 9.26 Å². The van der Waals surface area contributed by atoms with Crippen LogP contribution in [0.1, 0.15) is 11.7 Å². The molecule has 1 heterocycles. The number of halogens is 1. The maximum absolute atomic E-state index is 13.3. The van der Waals surface area contributed by atoms with Crippen LogP contribution in [0.3, 0.4) is 0 Å². The zero-order valence-corrected chi connectivity index (χ0v) is 14.8. The normalized spacial score (nSPS) is 10.5. The second kappa shape index (κ2) is 8.48. The number of thioether (sulfide) groups is 1. The summed E-state index contributed by atoms with van der Waals surface area (Å²) in [6.07, 6.45) is 0. The molecular formula is C18H16FN3O3S. The molecule has 0 saturated heterocycles. The van der Waals surface area contributed by atoms with Crippen LogP contribution in [-0.2, 0) is 10.5 Å².